The number of hydrogen-bond acceptors (Lipinski definition) is 6. The Morgan fingerprint density at radius 1 is 0.929 bits per heavy atom. The van der Waals surface area contributed by atoms with Crippen LogP contribution in [-0.4, -0.2) is 15.9 Å². The Hall–Kier alpha value is -1.37. The Morgan fingerprint density at radius 2 is 1.52 bits per heavy atom. The first kappa shape index (κ1) is 36.8. The zero-order valence-corrected chi connectivity index (χ0v) is 32.1. The molecule has 4 aromatic rings. The Kier molecular flexibility index (Phi) is 12.8. The molecule has 0 aromatic carbocycles. The van der Waals surface area contributed by atoms with Crippen LogP contribution in [0, 0.1) is 36.2 Å². The van der Waals surface area contributed by atoms with Crippen molar-refractivity contribution in [3.63, 3.8) is 0 Å². The van der Waals surface area contributed by atoms with Crippen molar-refractivity contribution in [3.05, 3.63) is 51.5 Å². The van der Waals surface area contributed by atoms with Gasteiger partial charge in [0.1, 0.15) is 5.76 Å². The fraction of sp³-hybridized carbons (Fsp3) is 0.543. The monoisotopic (exact) mass is 803 g/mol. The minimum absolute atomic E-state index is 0. The average Bonchev–Trinajstić information content (AvgIpc) is 3.58. The van der Waals surface area contributed by atoms with Crippen LogP contribution in [0.1, 0.15) is 103 Å². The van der Waals surface area contributed by atoms with E-state index in [0.717, 1.165) is 37.8 Å². The van der Waals surface area contributed by atoms with Gasteiger partial charge in [-0.05, 0) is 55.3 Å². The van der Waals surface area contributed by atoms with Gasteiger partial charge in [-0.2, -0.15) is 11.6 Å². The van der Waals surface area contributed by atoms with Crippen LogP contribution in [0.15, 0.2) is 30.2 Å². The standard InChI is InChI=1S/C20H20NS3.C15H28O2.Ir/c1-11-8-15(22-12(11)2)17-19-14(6-7-21-17)18-16(24-19)9-13(23-18)10-20(3,4)5;1-7-14(5,8-2)12(16)11-13(17)15(6,9-3)10-4;/h6-7,9H,10H2,1-5H3;11,16H,7-10H2,1-6H3;/q-1;;/b;12-11-;. The fourth-order valence-electron chi connectivity index (χ4n) is 4.60. The average molecular weight is 803 g/mol. The van der Waals surface area contributed by atoms with Crippen LogP contribution in [0.4, 0.5) is 0 Å². The first-order chi connectivity index (χ1) is 19.1. The summed E-state index contributed by atoms with van der Waals surface area (Å²) in [6, 6.07) is 8.05. The van der Waals surface area contributed by atoms with E-state index in [1.807, 2.05) is 70.4 Å². The van der Waals surface area contributed by atoms with Gasteiger partial charge in [-0.15, -0.1) is 22.7 Å². The molecule has 0 spiro atoms. The van der Waals surface area contributed by atoms with Crippen LogP contribution in [0.2, 0.25) is 0 Å². The normalized spacial score (nSPS) is 12.8. The SMILES string of the molecule is CCC(C)(CC)C(=O)/C=C(\O)C(C)(CC)CC.Cc1[c-]c(-c2nccc3c2sc2cc(CC(C)(C)C)sc23)sc1C.[Ir]. The summed E-state index contributed by atoms with van der Waals surface area (Å²) < 4.78 is 4.12. The summed E-state index contributed by atoms with van der Waals surface area (Å²) in [6.45, 7) is 23.3. The van der Waals surface area contributed by atoms with E-state index in [2.05, 4.69) is 57.8 Å². The van der Waals surface area contributed by atoms with Gasteiger partial charge in [-0.25, -0.2) is 11.3 Å². The third-order valence-corrected chi connectivity index (χ3v) is 12.3. The van der Waals surface area contributed by atoms with Crippen molar-refractivity contribution in [1.29, 1.82) is 0 Å². The van der Waals surface area contributed by atoms with E-state index in [0.29, 0.717) is 5.41 Å². The number of fused-ring (bicyclic) bond motifs is 3. The summed E-state index contributed by atoms with van der Waals surface area (Å²) in [4.78, 5) is 20.8. The summed E-state index contributed by atoms with van der Waals surface area (Å²) in [5.74, 6) is 0.286. The second-order valence-corrected chi connectivity index (χ2v) is 16.4. The van der Waals surface area contributed by atoms with Crippen molar-refractivity contribution in [2.75, 3.05) is 0 Å². The number of aromatic nitrogens is 1. The largest absolute Gasteiger partial charge is 0.512 e. The zero-order valence-electron chi connectivity index (χ0n) is 27.2. The Bertz CT molecular complexity index is 1510. The van der Waals surface area contributed by atoms with Crippen molar-refractivity contribution in [2.24, 2.45) is 16.2 Å². The first-order valence-electron chi connectivity index (χ1n) is 14.9. The molecular formula is C35H48IrNO2S3-. The smallest absolute Gasteiger partial charge is 0.164 e. The molecule has 0 bridgehead atoms. The van der Waals surface area contributed by atoms with Gasteiger partial charge < -0.3 is 10.1 Å². The minimum Gasteiger partial charge on any atom is -0.512 e. The number of thiophene rings is 3. The Labute approximate surface area is 279 Å². The van der Waals surface area contributed by atoms with Crippen LogP contribution < -0.4 is 0 Å². The molecule has 3 nitrogen and oxygen atoms in total. The van der Waals surface area contributed by atoms with E-state index >= 15 is 0 Å². The summed E-state index contributed by atoms with van der Waals surface area (Å²) in [6.07, 6.45) is 7.84. The summed E-state index contributed by atoms with van der Waals surface area (Å²) in [5, 5.41) is 11.5. The zero-order chi connectivity index (χ0) is 30.8. The van der Waals surface area contributed by atoms with Crippen molar-refractivity contribution < 1.29 is 30.0 Å². The molecule has 0 atom stereocenters. The van der Waals surface area contributed by atoms with Crippen molar-refractivity contribution >= 4 is 59.3 Å². The van der Waals surface area contributed by atoms with E-state index in [1.54, 1.807) is 11.3 Å². The predicted octanol–water partition coefficient (Wildman–Crippen LogP) is 11.9. The molecule has 0 saturated heterocycles. The van der Waals surface area contributed by atoms with Gasteiger partial charge in [0.05, 0.1) is 4.70 Å². The van der Waals surface area contributed by atoms with Gasteiger partial charge >= 0.3 is 0 Å². The van der Waals surface area contributed by atoms with Crippen LogP contribution in [-0.2, 0) is 31.3 Å². The molecule has 0 saturated carbocycles. The number of aryl methyl sites for hydroxylation is 2. The van der Waals surface area contributed by atoms with Crippen LogP contribution >= 0.6 is 34.0 Å². The third kappa shape index (κ3) is 8.21. The fourth-order valence-corrected chi connectivity index (χ4v) is 8.56. The first-order valence-corrected chi connectivity index (χ1v) is 17.3. The Morgan fingerprint density at radius 3 is 2.02 bits per heavy atom. The maximum absolute atomic E-state index is 12.2. The summed E-state index contributed by atoms with van der Waals surface area (Å²) in [5.41, 5.74) is 2.06. The van der Waals surface area contributed by atoms with Crippen LogP contribution in [0.5, 0.6) is 0 Å². The van der Waals surface area contributed by atoms with Gasteiger partial charge in [0, 0.05) is 62.9 Å². The molecule has 0 aliphatic carbocycles. The molecule has 1 radical (unpaired) electrons. The van der Waals surface area contributed by atoms with E-state index in [9.17, 15) is 9.90 Å². The topological polar surface area (TPSA) is 50.2 Å². The second-order valence-electron chi connectivity index (χ2n) is 12.9. The molecule has 42 heavy (non-hydrogen) atoms. The van der Waals surface area contributed by atoms with Gasteiger partial charge in [0.15, 0.2) is 5.78 Å². The molecule has 1 N–H and O–H groups in total. The second kappa shape index (κ2) is 14.6. The third-order valence-electron chi connectivity index (χ3n) is 8.72. The Balaban J connectivity index is 0.000000307. The van der Waals surface area contributed by atoms with Crippen LogP contribution in [0.25, 0.3) is 30.1 Å². The maximum Gasteiger partial charge on any atom is 0.164 e. The van der Waals surface area contributed by atoms with Gasteiger partial charge in [-0.1, -0.05) is 85.9 Å². The summed E-state index contributed by atoms with van der Waals surface area (Å²) in [7, 11) is 0. The van der Waals surface area contributed by atoms with Gasteiger partial charge in [0.2, 0.25) is 0 Å². The number of aliphatic hydroxyl groups excluding tert-OH is 1. The van der Waals surface area contributed by atoms with Crippen molar-refractivity contribution in [2.45, 2.75) is 108 Å². The molecule has 4 heterocycles. The minimum atomic E-state index is -0.337. The molecule has 0 unspecified atom stereocenters. The number of aliphatic hydroxyl groups is 1. The molecular weight excluding hydrogens is 755 g/mol. The molecule has 4 rings (SSSR count). The van der Waals surface area contributed by atoms with E-state index < -0.39 is 0 Å². The van der Waals surface area contributed by atoms with Crippen molar-refractivity contribution in [1.82, 2.24) is 4.98 Å². The number of allylic oxidation sites excluding steroid dienone is 2. The van der Waals surface area contributed by atoms with E-state index in [4.69, 9.17) is 0 Å². The molecule has 0 aliphatic heterocycles. The molecule has 0 amide bonds. The van der Waals surface area contributed by atoms with Crippen molar-refractivity contribution in [3.8, 4) is 10.6 Å². The number of carbonyl (C=O) groups is 1. The quantitative estimate of drug-likeness (QED) is 0.104. The summed E-state index contributed by atoms with van der Waals surface area (Å²) >= 11 is 5.63. The van der Waals surface area contributed by atoms with Crippen LogP contribution in [0.3, 0.4) is 0 Å². The molecule has 4 aromatic heterocycles. The predicted molar refractivity (Wildman–Crippen MR) is 183 cm³/mol. The van der Waals surface area contributed by atoms with E-state index in [-0.39, 0.29) is 42.5 Å². The molecule has 0 aliphatic rings. The molecule has 233 valence electrons. The maximum atomic E-state index is 12.2. The number of nitrogens with zero attached hydrogens (tertiary/aromatic N) is 1. The number of ketones is 1. The molecule has 0 fully saturated rings. The number of pyridine rings is 1. The number of hydrogen-bond donors (Lipinski definition) is 1. The van der Waals surface area contributed by atoms with E-state index in [1.165, 1.54) is 45.8 Å². The number of rotatable bonds is 9. The molecule has 7 heteroatoms. The number of carbonyl (C=O) groups excluding carboxylic acids is 1. The van der Waals surface area contributed by atoms with Gasteiger partial charge in [-0.3, -0.25) is 4.79 Å². The van der Waals surface area contributed by atoms with Gasteiger partial charge in [0.25, 0.3) is 0 Å².